The Morgan fingerprint density at radius 3 is 2.22 bits per heavy atom. The zero-order valence-electron chi connectivity index (χ0n) is 16.8. The van der Waals surface area contributed by atoms with E-state index < -0.39 is 43.0 Å². The molecule has 0 spiro atoms. The van der Waals surface area contributed by atoms with Crippen LogP contribution >= 0.6 is 0 Å². The van der Waals surface area contributed by atoms with E-state index in [1.165, 1.54) is 6.42 Å². The molecule has 0 amide bonds. The van der Waals surface area contributed by atoms with Crippen LogP contribution in [0, 0.1) is 17.8 Å². The van der Waals surface area contributed by atoms with Gasteiger partial charge in [0.05, 0.1) is 12.7 Å². The molecule has 1 saturated carbocycles. The number of Topliss-reactive ketones (excluding diaryl/α,β-unsaturated/α-hetero) is 1. The topological polar surface area (TPSA) is 107 Å². The fraction of sp³-hybridized carbons (Fsp3) is 0.952. The molecule has 4 N–H and O–H groups in total. The molecule has 6 heteroatoms. The van der Waals surface area contributed by atoms with Gasteiger partial charge in [-0.25, -0.2) is 0 Å². The average Bonchev–Trinajstić information content (AvgIpc) is 2.66. The minimum Gasteiger partial charge on any atom is -0.394 e. The lowest BCUT2D eigenvalue weighted by Crippen LogP contribution is -2.61. The second-order valence-corrected chi connectivity index (χ2v) is 8.46. The summed E-state index contributed by atoms with van der Waals surface area (Å²) in [6.45, 7) is 3.88. The molecule has 0 aromatic rings. The highest BCUT2D eigenvalue weighted by molar-refractivity contribution is 5.82. The molecule has 2 rings (SSSR count). The fourth-order valence-electron chi connectivity index (χ4n) is 4.82. The normalized spacial score (nSPS) is 40.3. The lowest BCUT2D eigenvalue weighted by atomic mass is 9.67. The predicted molar refractivity (Wildman–Crippen MR) is 102 cm³/mol. The van der Waals surface area contributed by atoms with Crippen LogP contribution in [-0.4, -0.2) is 63.3 Å². The van der Waals surface area contributed by atoms with Crippen molar-refractivity contribution in [2.45, 2.75) is 102 Å². The minimum absolute atomic E-state index is 0.0774. The van der Waals surface area contributed by atoms with E-state index in [1.807, 2.05) is 0 Å². The molecule has 1 saturated heterocycles. The monoisotopic (exact) mass is 386 g/mol. The van der Waals surface area contributed by atoms with Gasteiger partial charge in [0.25, 0.3) is 0 Å². The van der Waals surface area contributed by atoms with Crippen molar-refractivity contribution >= 4 is 5.78 Å². The number of hydrogen-bond acceptors (Lipinski definition) is 6. The molecule has 0 aromatic carbocycles. The zero-order chi connectivity index (χ0) is 20.0. The number of ether oxygens (including phenoxy) is 1. The third-order valence-electron chi connectivity index (χ3n) is 6.53. The van der Waals surface area contributed by atoms with Gasteiger partial charge >= 0.3 is 0 Å². The number of hydrogen-bond donors (Lipinski definition) is 4. The Hall–Kier alpha value is -0.530. The summed E-state index contributed by atoms with van der Waals surface area (Å²) in [5.74, 6) is 0.391. The van der Waals surface area contributed by atoms with Gasteiger partial charge in [-0.2, -0.15) is 0 Å². The predicted octanol–water partition coefficient (Wildman–Crippen LogP) is 1.81. The third kappa shape index (κ3) is 5.51. The Kier molecular flexibility index (Phi) is 9.16. The van der Waals surface area contributed by atoms with Gasteiger partial charge in [-0.3, -0.25) is 4.79 Å². The summed E-state index contributed by atoms with van der Waals surface area (Å²) < 4.78 is 5.70. The Morgan fingerprint density at radius 2 is 1.59 bits per heavy atom. The van der Waals surface area contributed by atoms with Crippen molar-refractivity contribution in [3.63, 3.8) is 0 Å². The standard InChI is InChI=1S/C21H38O6/c1-3-5-7-9-14-11-16(23)15(10-13(14)8-6-4-2)21-20(26)19(25)18(24)17(12-22)27-21/h13-15,17-22,24-26H,3-12H2,1-2H3/t13?,14?,15?,17?,18-,19?,20?,21+/m0/s1. The van der Waals surface area contributed by atoms with E-state index in [0.29, 0.717) is 24.7 Å². The molecule has 6 nitrogen and oxygen atoms in total. The first-order chi connectivity index (χ1) is 12.9. The van der Waals surface area contributed by atoms with Crippen molar-refractivity contribution in [2.24, 2.45) is 17.8 Å². The maximum absolute atomic E-state index is 12.9. The summed E-state index contributed by atoms with van der Waals surface area (Å²) in [5.41, 5.74) is 0. The molecule has 1 aliphatic heterocycles. The van der Waals surface area contributed by atoms with E-state index in [9.17, 15) is 25.2 Å². The summed E-state index contributed by atoms with van der Waals surface area (Å²) in [4.78, 5) is 12.9. The van der Waals surface area contributed by atoms with Gasteiger partial charge in [-0.15, -0.1) is 0 Å². The Balaban J connectivity index is 2.10. The van der Waals surface area contributed by atoms with Gasteiger partial charge in [-0.05, 0) is 24.7 Å². The van der Waals surface area contributed by atoms with E-state index in [2.05, 4.69) is 13.8 Å². The van der Waals surface area contributed by atoms with Crippen molar-refractivity contribution in [1.29, 1.82) is 0 Å². The molecule has 8 atom stereocenters. The summed E-state index contributed by atoms with van der Waals surface area (Å²) in [6, 6.07) is 0. The number of carbonyl (C=O) groups is 1. The molecule has 158 valence electrons. The van der Waals surface area contributed by atoms with Crippen LogP contribution in [0.5, 0.6) is 0 Å². The van der Waals surface area contributed by atoms with Crippen LogP contribution in [0.25, 0.3) is 0 Å². The Bertz CT molecular complexity index is 454. The number of carbonyl (C=O) groups excluding carboxylic acids is 1. The van der Waals surface area contributed by atoms with Crippen LogP contribution in [0.3, 0.4) is 0 Å². The number of aliphatic hydroxyl groups is 4. The largest absolute Gasteiger partial charge is 0.394 e. The van der Waals surface area contributed by atoms with E-state index in [-0.39, 0.29) is 5.78 Å². The van der Waals surface area contributed by atoms with E-state index >= 15 is 0 Å². The van der Waals surface area contributed by atoms with Gasteiger partial charge in [0.1, 0.15) is 30.2 Å². The van der Waals surface area contributed by atoms with Crippen molar-refractivity contribution in [1.82, 2.24) is 0 Å². The van der Waals surface area contributed by atoms with E-state index in [1.54, 1.807) is 0 Å². The van der Waals surface area contributed by atoms with Crippen molar-refractivity contribution < 1.29 is 30.0 Å². The first-order valence-electron chi connectivity index (χ1n) is 10.8. The molecule has 1 heterocycles. The summed E-state index contributed by atoms with van der Waals surface area (Å²) in [5, 5.41) is 39.9. The summed E-state index contributed by atoms with van der Waals surface area (Å²) in [6.07, 6.45) is 3.06. The lowest BCUT2D eigenvalue weighted by Gasteiger charge is -2.46. The first-order valence-corrected chi connectivity index (χ1v) is 10.8. The van der Waals surface area contributed by atoms with Crippen LogP contribution < -0.4 is 0 Å². The highest BCUT2D eigenvalue weighted by Gasteiger charge is 2.50. The molecule has 2 fully saturated rings. The van der Waals surface area contributed by atoms with Gasteiger partial charge < -0.3 is 25.2 Å². The van der Waals surface area contributed by atoms with E-state index in [4.69, 9.17) is 4.74 Å². The quantitative estimate of drug-likeness (QED) is 0.450. The number of rotatable bonds is 9. The zero-order valence-corrected chi connectivity index (χ0v) is 16.8. The van der Waals surface area contributed by atoms with Crippen LogP contribution in [0.2, 0.25) is 0 Å². The number of ketones is 1. The summed E-state index contributed by atoms with van der Waals surface area (Å²) >= 11 is 0. The van der Waals surface area contributed by atoms with Crippen LogP contribution in [0.1, 0.15) is 71.6 Å². The van der Waals surface area contributed by atoms with Crippen molar-refractivity contribution in [2.75, 3.05) is 6.61 Å². The molecule has 27 heavy (non-hydrogen) atoms. The molecule has 6 unspecified atom stereocenters. The second kappa shape index (κ2) is 10.9. The van der Waals surface area contributed by atoms with Crippen LogP contribution in [0.15, 0.2) is 0 Å². The van der Waals surface area contributed by atoms with Crippen molar-refractivity contribution in [3.05, 3.63) is 0 Å². The number of aliphatic hydroxyl groups excluding tert-OH is 4. The lowest BCUT2D eigenvalue weighted by molar-refractivity contribution is -0.242. The molecular formula is C21H38O6. The Labute approximate surface area is 162 Å². The molecule has 0 radical (unpaired) electrons. The molecule has 1 aliphatic carbocycles. The van der Waals surface area contributed by atoms with Crippen LogP contribution in [-0.2, 0) is 9.53 Å². The maximum Gasteiger partial charge on any atom is 0.138 e. The maximum atomic E-state index is 12.9. The van der Waals surface area contributed by atoms with E-state index in [0.717, 1.165) is 38.5 Å². The molecular weight excluding hydrogens is 348 g/mol. The van der Waals surface area contributed by atoms with Gasteiger partial charge in [-0.1, -0.05) is 52.4 Å². The third-order valence-corrected chi connectivity index (χ3v) is 6.53. The highest BCUT2D eigenvalue weighted by atomic mass is 16.5. The smallest absolute Gasteiger partial charge is 0.138 e. The highest BCUT2D eigenvalue weighted by Crippen LogP contribution is 2.41. The second-order valence-electron chi connectivity index (χ2n) is 8.46. The number of unbranched alkanes of at least 4 members (excludes halogenated alkanes) is 3. The Morgan fingerprint density at radius 1 is 0.926 bits per heavy atom. The van der Waals surface area contributed by atoms with Crippen LogP contribution in [0.4, 0.5) is 0 Å². The SMILES string of the molecule is CCCCCC1CC(=O)C([C@H]2OC(CO)[C@H](O)C(O)C2O)CC1CCCC. The van der Waals surface area contributed by atoms with Gasteiger partial charge in [0.2, 0.25) is 0 Å². The van der Waals surface area contributed by atoms with Gasteiger partial charge in [0, 0.05) is 12.3 Å². The first kappa shape index (κ1) is 22.8. The molecule has 0 bridgehead atoms. The van der Waals surface area contributed by atoms with Crippen molar-refractivity contribution in [3.8, 4) is 0 Å². The van der Waals surface area contributed by atoms with Gasteiger partial charge in [0.15, 0.2) is 0 Å². The molecule has 0 aromatic heterocycles. The fourth-order valence-corrected chi connectivity index (χ4v) is 4.82. The summed E-state index contributed by atoms with van der Waals surface area (Å²) in [7, 11) is 0. The minimum atomic E-state index is -1.41. The average molecular weight is 387 g/mol. The molecule has 2 aliphatic rings.